The van der Waals surface area contributed by atoms with E-state index in [-0.39, 0.29) is 0 Å². The van der Waals surface area contributed by atoms with E-state index in [1.165, 1.54) is 43.5 Å². The van der Waals surface area contributed by atoms with Gasteiger partial charge in [0.2, 0.25) is 0 Å². The fourth-order valence-corrected chi connectivity index (χ4v) is 3.09. The fourth-order valence-electron chi connectivity index (χ4n) is 3.09. The number of hydrogen-bond acceptors (Lipinski definition) is 2. The third-order valence-corrected chi connectivity index (χ3v) is 4.02. The van der Waals surface area contributed by atoms with Crippen LogP contribution >= 0.6 is 0 Å². The Morgan fingerprint density at radius 3 is 2.94 bits per heavy atom. The summed E-state index contributed by atoms with van der Waals surface area (Å²) in [5, 5.41) is 3.44. The highest BCUT2D eigenvalue weighted by Gasteiger charge is 2.23. The van der Waals surface area contributed by atoms with Crippen LogP contribution in [0.5, 0.6) is 5.75 Å². The average Bonchev–Trinajstić information content (AvgIpc) is 2.72. The van der Waals surface area contributed by atoms with E-state index in [1.807, 2.05) is 0 Å². The second kappa shape index (κ2) is 4.69. The number of ether oxygens (including phenoxy) is 1. The summed E-state index contributed by atoms with van der Waals surface area (Å²) in [6, 6.07) is 6.56. The Hall–Kier alpha value is -1.02. The van der Waals surface area contributed by atoms with Crippen molar-refractivity contribution >= 4 is 0 Å². The lowest BCUT2D eigenvalue weighted by atomic mass is 9.88. The summed E-state index contributed by atoms with van der Waals surface area (Å²) >= 11 is 0. The predicted octanol–water partition coefficient (Wildman–Crippen LogP) is 2.55. The molecule has 1 N–H and O–H groups in total. The molecule has 0 spiro atoms. The van der Waals surface area contributed by atoms with Gasteiger partial charge in [-0.15, -0.1) is 0 Å². The van der Waals surface area contributed by atoms with Gasteiger partial charge in [0.15, 0.2) is 0 Å². The highest BCUT2D eigenvalue weighted by atomic mass is 16.5. The first-order valence-corrected chi connectivity index (χ1v) is 6.81. The zero-order valence-corrected chi connectivity index (χ0v) is 10.5. The molecule has 2 heteroatoms. The van der Waals surface area contributed by atoms with Crippen molar-refractivity contribution in [3.05, 3.63) is 29.3 Å². The Bertz CT molecular complexity index is 396. The molecule has 1 aromatic rings. The lowest BCUT2D eigenvalue weighted by Crippen LogP contribution is -2.28. The van der Waals surface area contributed by atoms with Gasteiger partial charge in [-0.1, -0.05) is 12.1 Å². The molecule has 17 heavy (non-hydrogen) atoms. The van der Waals surface area contributed by atoms with Crippen LogP contribution in [0, 0.1) is 5.92 Å². The van der Waals surface area contributed by atoms with Crippen molar-refractivity contribution in [1.82, 2.24) is 5.32 Å². The Morgan fingerprint density at radius 1 is 1.29 bits per heavy atom. The van der Waals surface area contributed by atoms with E-state index < -0.39 is 0 Å². The zero-order chi connectivity index (χ0) is 11.7. The van der Waals surface area contributed by atoms with Gasteiger partial charge in [0.1, 0.15) is 11.9 Å². The van der Waals surface area contributed by atoms with Crippen molar-refractivity contribution in [2.24, 2.45) is 5.92 Å². The molecule has 3 rings (SSSR count). The molecular formula is C15H21NO. The lowest BCUT2D eigenvalue weighted by molar-refractivity contribution is 0.254. The summed E-state index contributed by atoms with van der Waals surface area (Å²) in [4.78, 5) is 0. The van der Waals surface area contributed by atoms with Crippen LogP contribution in [0.25, 0.3) is 0 Å². The molecule has 0 aromatic heterocycles. The van der Waals surface area contributed by atoms with Crippen molar-refractivity contribution < 1.29 is 4.74 Å². The number of piperidine rings is 1. The third kappa shape index (κ3) is 2.32. The molecule has 0 radical (unpaired) electrons. The Kier molecular flexibility index (Phi) is 3.06. The summed E-state index contributed by atoms with van der Waals surface area (Å²) < 4.78 is 5.82. The zero-order valence-electron chi connectivity index (χ0n) is 10.5. The monoisotopic (exact) mass is 231 g/mol. The standard InChI is InChI=1S/C15H21NO/c1-11-9-14-13(3-2-4-15(14)17-11)10-12-5-7-16-8-6-12/h2-4,11-12,16H,5-10H2,1H3. The smallest absolute Gasteiger partial charge is 0.123 e. The van der Waals surface area contributed by atoms with E-state index in [4.69, 9.17) is 4.74 Å². The van der Waals surface area contributed by atoms with Crippen LogP contribution in [0.15, 0.2) is 18.2 Å². The Balaban J connectivity index is 1.77. The molecule has 92 valence electrons. The number of fused-ring (bicyclic) bond motifs is 1. The molecule has 1 saturated heterocycles. The van der Waals surface area contributed by atoms with Crippen molar-refractivity contribution in [1.29, 1.82) is 0 Å². The maximum absolute atomic E-state index is 5.82. The summed E-state index contributed by atoms with van der Waals surface area (Å²) in [5.74, 6) is 1.99. The molecule has 2 aliphatic rings. The van der Waals surface area contributed by atoms with E-state index in [0.717, 1.165) is 18.1 Å². The summed E-state index contributed by atoms with van der Waals surface area (Å²) in [6.07, 6.45) is 5.33. The molecule has 1 unspecified atom stereocenters. The molecule has 0 saturated carbocycles. The van der Waals surface area contributed by atoms with Gasteiger partial charge in [-0.2, -0.15) is 0 Å². The molecule has 1 fully saturated rings. The average molecular weight is 231 g/mol. The normalized spacial score (nSPS) is 24.4. The minimum atomic E-state index is 0.360. The minimum Gasteiger partial charge on any atom is -0.490 e. The summed E-state index contributed by atoms with van der Waals surface area (Å²) in [7, 11) is 0. The predicted molar refractivity (Wildman–Crippen MR) is 69.5 cm³/mol. The van der Waals surface area contributed by atoms with E-state index in [9.17, 15) is 0 Å². The van der Waals surface area contributed by atoms with Crippen LogP contribution in [0.4, 0.5) is 0 Å². The van der Waals surface area contributed by atoms with Crippen LogP contribution in [0.3, 0.4) is 0 Å². The van der Waals surface area contributed by atoms with E-state index >= 15 is 0 Å². The quantitative estimate of drug-likeness (QED) is 0.844. The van der Waals surface area contributed by atoms with Crippen LogP contribution < -0.4 is 10.1 Å². The van der Waals surface area contributed by atoms with E-state index in [2.05, 4.69) is 30.4 Å². The topological polar surface area (TPSA) is 21.3 Å². The second-order valence-electron chi connectivity index (χ2n) is 5.42. The van der Waals surface area contributed by atoms with Crippen LogP contribution in [0.1, 0.15) is 30.9 Å². The molecule has 0 aliphatic carbocycles. The van der Waals surface area contributed by atoms with Crippen molar-refractivity contribution in [3.8, 4) is 5.75 Å². The van der Waals surface area contributed by atoms with Crippen LogP contribution in [-0.4, -0.2) is 19.2 Å². The van der Waals surface area contributed by atoms with Gasteiger partial charge in [0, 0.05) is 12.0 Å². The minimum absolute atomic E-state index is 0.360. The number of hydrogen-bond donors (Lipinski definition) is 1. The molecular weight excluding hydrogens is 210 g/mol. The van der Waals surface area contributed by atoms with Gasteiger partial charge in [-0.25, -0.2) is 0 Å². The largest absolute Gasteiger partial charge is 0.490 e. The SMILES string of the molecule is CC1Cc2c(CC3CCNCC3)cccc2O1. The molecule has 2 aliphatic heterocycles. The van der Waals surface area contributed by atoms with Gasteiger partial charge in [0.25, 0.3) is 0 Å². The first kappa shape index (κ1) is 11.1. The van der Waals surface area contributed by atoms with Gasteiger partial charge in [-0.05, 0) is 56.8 Å². The van der Waals surface area contributed by atoms with Gasteiger partial charge in [-0.3, -0.25) is 0 Å². The van der Waals surface area contributed by atoms with Crippen LogP contribution in [-0.2, 0) is 12.8 Å². The number of benzene rings is 1. The lowest BCUT2D eigenvalue weighted by Gasteiger charge is -2.23. The highest BCUT2D eigenvalue weighted by Crippen LogP contribution is 2.33. The van der Waals surface area contributed by atoms with Crippen molar-refractivity contribution in [2.75, 3.05) is 13.1 Å². The molecule has 0 bridgehead atoms. The molecule has 2 heterocycles. The van der Waals surface area contributed by atoms with Gasteiger partial charge < -0.3 is 10.1 Å². The number of nitrogens with one attached hydrogen (secondary N) is 1. The van der Waals surface area contributed by atoms with Gasteiger partial charge in [0.05, 0.1) is 0 Å². The summed E-state index contributed by atoms with van der Waals surface area (Å²) in [6.45, 7) is 4.54. The van der Waals surface area contributed by atoms with Crippen molar-refractivity contribution in [3.63, 3.8) is 0 Å². The Labute approximate surface area is 103 Å². The van der Waals surface area contributed by atoms with E-state index in [0.29, 0.717) is 6.10 Å². The molecule has 1 aromatic carbocycles. The number of rotatable bonds is 2. The van der Waals surface area contributed by atoms with Crippen LogP contribution in [0.2, 0.25) is 0 Å². The Morgan fingerprint density at radius 2 is 2.12 bits per heavy atom. The van der Waals surface area contributed by atoms with E-state index in [1.54, 1.807) is 0 Å². The molecule has 0 amide bonds. The third-order valence-electron chi connectivity index (χ3n) is 4.02. The van der Waals surface area contributed by atoms with Gasteiger partial charge >= 0.3 is 0 Å². The maximum Gasteiger partial charge on any atom is 0.123 e. The first-order valence-electron chi connectivity index (χ1n) is 6.81. The molecule has 1 atom stereocenters. The highest BCUT2D eigenvalue weighted by molar-refractivity contribution is 5.43. The second-order valence-corrected chi connectivity index (χ2v) is 5.42. The van der Waals surface area contributed by atoms with Crippen molar-refractivity contribution in [2.45, 2.75) is 38.7 Å². The molecule has 2 nitrogen and oxygen atoms in total. The fraction of sp³-hybridized carbons (Fsp3) is 0.600. The summed E-state index contributed by atoms with van der Waals surface area (Å²) in [5.41, 5.74) is 3.00. The first-order chi connectivity index (χ1) is 8.33. The maximum atomic E-state index is 5.82.